The lowest BCUT2D eigenvalue weighted by Gasteiger charge is -2.11. The Bertz CT molecular complexity index is 1100. The molecule has 0 unspecified atom stereocenters. The van der Waals surface area contributed by atoms with Gasteiger partial charge in [-0.3, -0.25) is 14.3 Å². The second kappa shape index (κ2) is 8.55. The summed E-state index contributed by atoms with van der Waals surface area (Å²) in [7, 11) is 1.86. The van der Waals surface area contributed by atoms with Crippen LogP contribution >= 0.6 is 0 Å². The number of benzene rings is 1. The minimum atomic E-state index is -0.366. The highest BCUT2D eigenvalue weighted by atomic mass is 16.5. The average Bonchev–Trinajstić information content (AvgIpc) is 3.51. The van der Waals surface area contributed by atoms with Gasteiger partial charge in [-0.2, -0.15) is 5.10 Å². The first kappa shape index (κ1) is 20.5. The summed E-state index contributed by atoms with van der Waals surface area (Å²) in [5, 5.41) is 10.1. The maximum atomic E-state index is 12.6. The van der Waals surface area contributed by atoms with E-state index in [1.54, 1.807) is 16.8 Å². The van der Waals surface area contributed by atoms with Crippen molar-refractivity contribution in [2.75, 3.05) is 5.32 Å². The van der Waals surface area contributed by atoms with Crippen molar-refractivity contribution in [3.8, 4) is 6.01 Å². The third-order valence-electron chi connectivity index (χ3n) is 5.06. The number of aromatic nitrogens is 4. The summed E-state index contributed by atoms with van der Waals surface area (Å²) in [6, 6.07) is 7.59. The number of hydrogen-bond acceptors (Lipinski definition) is 6. The largest absolute Gasteiger partial charge is 0.457 e. The first-order valence-electron chi connectivity index (χ1n) is 10.1. The molecule has 0 radical (unpaired) electrons. The zero-order valence-electron chi connectivity index (χ0n) is 17.7. The van der Waals surface area contributed by atoms with Crippen molar-refractivity contribution < 1.29 is 14.3 Å². The molecule has 1 aliphatic carbocycles. The molecule has 2 N–H and O–H groups in total. The Labute approximate surface area is 179 Å². The molecule has 0 atom stereocenters. The molecule has 0 aliphatic heterocycles. The summed E-state index contributed by atoms with van der Waals surface area (Å²) in [6.07, 6.45) is 4.84. The van der Waals surface area contributed by atoms with Gasteiger partial charge >= 0.3 is 6.01 Å². The van der Waals surface area contributed by atoms with E-state index in [1.165, 1.54) is 12.4 Å². The Balaban J connectivity index is 1.38. The molecule has 1 fully saturated rings. The Hall–Kier alpha value is -3.75. The van der Waals surface area contributed by atoms with Crippen LogP contribution in [0.2, 0.25) is 0 Å². The molecule has 3 aromatic rings. The van der Waals surface area contributed by atoms with E-state index in [0.29, 0.717) is 11.3 Å². The van der Waals surface area contributed by atoms with Crippen molar-refractivity contribution in [3.05, 3.63) is 64.7 Å². The minimum absolute atomic E-state index is 0.133. The Morgan fingerprint density at radius 3 is 2.48 bits per heavy atom. The third-order valence-corrected chi connectivity index (χ3v) is 5.06. The minimum Gasteiger partial charge on any atom is -0.457 e. The van der Waals surface area contributed by atoms with E-state index in [1.807, 2.05) is 33.0 Å². The van der Waals surface area contributed by atoms with Crippen LogP contribution in [0, 0.1) is 13.8 Å². The van der Waals surface area contributed by atoms with Gasteiger partial charge in [0.2, 0.25) is 0 Å². The Morgan fingerprint density at radius 1 is 1.10 bits per heavy atom. The molecule has 31 heavy (non-hydrogen) atoms. The molecule has 0 bridgehead atoms. The first-order chi connectivity index (χ1) is 14.9. The van der Waals surface area contributed by atoms with Gasteiger partial charge in [0.25, 0.3) is 11.8 Å². The van der Waals surface area contributed by atoms with Gasteiger partial charge in [0.1, 0.15) is 12.3 Å². The quantitative estimate of drug-likeness (QED) is 0.608. The third kappa shape index (κ3) is 5.06. The van der Waals surface area contributed by atoms with E-state index < -0.39 is 0 Å². The first-order valence-corrected chi connectivity index (χ1v) is 10.1. The molecule has 0 spiro atoms. The lowest BCUT2D eigenvalue weighted by Crippen LogP contribution is -2.25. The predicted molar refractivity (Wildman–Crippen MR) is 114 cm³/mol. The summed E-state index contributed by atoms with van der Waals surface area (Å²) in [4.78, 5) is 33.1. The van der Waals surface area contributed by atoms with Crippen LogP contribution in [0.15, 0.2) is 36.7 Å². The monoisotopic (exact) mass is 420 g/mol. The number of carbonyl (C=O) groups is 2. The van der Waals surface area contributed by atoms with Gasteiger partial charge in [0, 0.05) is 42.4 Å². The highest BCUT2D eigenvalue weighted by Crippen LogP contribution is 2.22. The number of anilines is 1. The van der Waals surface area contributed by atoms with Crippen LogP contribution in [0.25, 0.3) is 0 Å². The predicted octanol–water partition coefficient (Wildman–Crippen LogP) is 2.55. The highest BCUT2D eigenvalue weighted by molar-refractivity contribution is 6.05. The van der Waals surface area contributed by atoms with Crippen LogP contribution in [0.3, 0.4) is 0 Å². The summed E-state index contributed by atoms with van der Waals surface area (Å²) in [6.45, 7) is 4.06. The number of nitrogens with zero attached hydrogens (tertiary/aromatic N) is 4. The smallest absolute Gasteiger partial charge is 0.316 e. The van der Waals surface area contributed by atoms with Crippen LogP contribution < -0.4 is 15.4 Å². The topological polar surface area (TPSA) is 111 Å². The molecule has 1 aromatic carbocycles. The van der Waals surface area contributed by atoms with Gasteiger partial charge in [-0.1, -0.05) is 6.07 Å². The second-order valence-corrected chi connectivity index (χ2v) is 7.68. The maximum absolute atomic E-state index is 12.6. The second-order valence-electron chi connectivity index (χ2n) is 7.68. The van der Waals surface area contributed by atoms with Gasteiger partial charge in [-0.05, 0) is 50.5 Å². The number of carbonyl (C=O) groups excluding carboxylic acids is 2. The molecule has 2 heterocycles. The lowest BCUT2D eigenvalue weighted by molar-refractivity contribution is 0.0949. The number of aryl methyl sites for hydroxylation is 3. The Kier molecular flexibility index (Phi) is 5.66. The van der Waals surface area contributed by atoms with E-state index in [0.717, 1.165) is 29.8 Å². The number of rotatable bonds is 7. The molecular weight excluding hydrogens is 396 g/mol. The van der Waals surface area contributed by atoms with Crippen molar-refractivity contribution in [2.45, 2.75) is 39.3 Å². The fraction of sp³-hybridized carbons (Fsp3) is 0.318. The highest BCUT2D eigenvalue weighted by Gasteiger charge is 2.24. The normalized spacial score (nSPS) is 13.0. The average molecular weight is 420 g/mol. The summed E-state index contributed by atoms with van der Waals surface area (Å²) < 4.78 is 7.30. The van der Waals surface area contributed by atoms with E-state index in [9.17, 15) is 9.59 Å². The fourth-order valence-electron chi connectivity index (χ4n) is 2.94. The molecule has 2 aromatic heterocycles. The molecule has 1 aliphatic rings. The van der Waals surface area contributed by atoms with Crippen molar-refractivity contribution in [2.24, 2.45) is 7.05 Å². The maximum Gasteiger partial charge on any atom is 0.316 e. The van der Waals surface area contributed by atoms with Crippen molar-refractivity contribution in [1.29, 1.82) is 0 Å². The van der Waals surface area contributed by atoms with Crippen LogP contribution in [-0.2, 0) is 13.7 Å². The van der Waals surface area contributed by atoms with Gasteiger partial charge in [-0.15, -0.1) is 0 Å². The Morgan fingerprint density at radius 2 is 1.84 bits per heavy atom. The number of ether oxygens (including phenoxy) is 1. The van der Waals surface area contributed by atoms with E-state index >= 15 is 0 Å². The fourth-order valence-corrected chi connectivity index (χ4v) is 2.94. The van der Waals surface area contributed by atoms with E-state index in [4.69, 9.17) is 4.74 Å². The van der Waals surface area contributed by atoms with Crippen LogP contribution in [0.5, 0.6) is 6.01 Å². The molecule has 4 rings (SSSR count). The van der Waals surface area contributed by atoms with Gasteiger partial charge in [-0.25, -0.2) is 9.97 Å². The van der Waals surface area contributed by atoms with Crippen LogP contribution in [0.1, 0.15) is 50.5 Å². The van der Waals surface area contributed by atoms with Crippen LogP contribution in [0.4, 0.5) is 5.69 Å². The van der Waals surface area contributed by atoms with Crippen LogP contribution in [-0.4, -0.2) is 37.6 Å². The lowest BCUT2D eigenvalue weighted by atomic mass is 10.1. The molecule has 1 saturated carbocycles. The van der Waals surface area contributed by atoms with Gasteiger partial charge in [0.15, 0.2) is 0 Å². The molecule has 2 amide bonds. The number of hydrogen-bond donors (Lipinski definition) is 2. The standard InChI is InChI=1S/C22H24N6O3/c1-13-4-5-15(20(29)25-17-6-7-17)9-19(13)26-21(30)16-10-23-22(24-11-16)31-12-18-8-14(2)28(3)27-18/h4-5,8-11,17H,6-7,12H2,1-3H3,(H,25,29)(H,26,30). The molecule has 9 nitrogen and oxygen atoms in total. The zero-order chi connectivity index (χ0) is 22.0. The summed E-state index contributed by atoms with van der Waals surface area (Å²) >= 11 is 0. The molecular formula is C22H24N6O3. The SMILES string of the molecule is Cc1ccc(C(=O)NC2CC2)cc1NC(=O)c1cnc(OCc2cc(C)n(C)n2)nc1. The van der Waals surface area contributed by atoms with E-state index in [-0.39, 0.29) is 36.0 Å². The molecule has 0 saturated heterocycles. The van der Waals surface area contributed by atoms with Gasteiger partial charge in [0.05, 0.1) is 5.56 Å². The number of amides is 2. The summed E-state index contributed by atoms with van der Waals surface area (Å²) in [5.74, 6) is -0.499. The van der Waals surface area contributed by atoms with Gasteiger partial charge < -0.3 is 15.4 Å². The van der Waals surface area contributed by atoms with Crippen molar-refractivity contribution in [3.63, 3.8) is 0 Å². The van der Waals surface area contributed by atoms with Crippen molar-refractivity contribution >= 4 is 17.5 Å². The molecule has 9 heteroatoms. The molecule has 160 valence electrons. The zero-order valence-corrected chi connectivity index (χ0v) is 17.7. The number of nitrogens with one attached hydrogen (secondary N) is 2. The van der Waals surface area contributed by atoms with E-state index in [2.05, 4.69) is 25.7 Å². The summed E-state index contributed by atoms with van der Waals surface area (Å²) in [5.41, 5.74) is 4.01. The van der Waals surface area contributed by atoms with Crippen molar-refractivity contribution in [1.82, 2.24) is 25.1 Å².